The van der Waals surface area contributed by atoms with Crippen LogP contribution in [-0.2, 0) is 26.2 Å². The van der Waals surface area contributed by atoms with Gasteiger partial charge in [-0.2, -0.15) is 5.10 Å². The number of allylic oxidation sites excluding steroid dienone is 1. The Labute approximate surface area is 179 Å². The van der Waals surface area contributed by atoms with Crippen LogP contribution < -0.4 is 0 Å². The maximum atomic E-state index is 11.8. The highest BCUT2D eigenvalue weighted by Gasteiger charge is 2.19. The van der Waals surface area contributed by atoms with E-state index in [1.807, 2.05) is 36.7 Å². The molecule has 1 aromatic carbocycles. The van der Waals surface area contributed by atoms with Crippen LogP contribution in [0.15, 0.2) is 30.3 Å². The monoisotopic (exact) mass is 411 g/mol. The summed E-state index contributed by atoms with van der Waals surface area (Å²) in [5.74, 6) is -0.107. The number of aryl methyl sites for hydroxylation is 2. The van der Waals surface area contributed by atoms with Gasteiger partial charge in [-0.1, -0.05) is 58.9 Å². The molecule has 0 saturated heterocycles. The van der Waals surface area contributed by atoms with Gasteiger partial charge in [-0.3, -0.25) is 9.48 Å². The molecule has 1 heterocycles. The van der Waals surface area contributed by atoms with E-state index in [0.717, 1.165) is 17.0 Å². The van der Waals surface area contributed by atoms with E-state index in [0.29, 0.717) is 17.9 Å². The number of benzene rings is 1. The lowest BCUT2D eigenvalue weighted by Crippen LogP contribution is -2.15. The molecule has 2 aromatic rings. The zero-order chi connectivity index (χ0) is 22.5. The third-order valence-electron chi connectivity index (χ3n) is 4.76. The van der Waals surface area contributed by atoms with Gasteiger partial charge >= 0.3 is 5.97 Å². The number of aromatic nitrogens is 2. The number of carbonyl (C=O) groups is 1. The fourth-order valence-corrected chi connectivity index (χ4v) is 3.00. The van der Waals surface area contributed by atoms with Gasteiger partial charge in [0.05, 0.1) is 11.6 Å². The molecule has 1 aromatic heterocycles. The second-order valence-corrected chi connectivity index (χ2v) is 8.58. The maximum Gasteiger partial charge on any atom is 0.311 e. The average Bonchev–Trinajstić information content (AvgIpc) is 3.07. The Morgan fingerprint density at radius 2 is 1.83 bits per heavy atom. The van der Waals surface area contributed by atoms with Crippen LogP contribution >= 0.6 is 0 Å². The normalized spacial score (nSPS) is 12.5. The molecule has 162 valence electrons. The topological polar surface area (TPSA) is 77.2 Å². The van der Waals surface area contributed by atoms with Gasteiger partial charge in [0.2, 0.25) is 6.79 Å². The Bertz CT molecular complexity index is 916. The molecule has 6 heteroatoms. The van der Waals surface area contributed by atoms with E-state index in [9.17, 15) is 4.79 Å². The largest absolute Gasteiger partial charge is 0.454 e. The molecule has 0 aliphatic rings. The summed E-state index contributed by atoms with van der Waals surface area (Å²) in [6.45, 7) is 14.4. The second-order valence-electron chi connectivity index (χ2n) is 8.58. The van der Waals surface area contributed by atoms with Crippen molar-refractivity contribution in [3.05, 3.63) is 52.8 Å². The van der Waals surface area contributed by atoms with Crippen molar-refractivity contribution in [2.24, 2.45) is 5.92 Å². The average molecular weight is 412 g/mol. The minimum absolute atomic E-state index is 0.0371. The highest BCUT2D eigenvalue weighted by Crippen LogP contribution is 2.29. The van der Waals surface area contributed by atoms with Crippen LogP contribution in [0.25, 0.3) is 11.3 Å². The molecule has 1 N–H and O–H groups in total. The highest BCUT2D eigenvalue weighted by atomic mass is 16.7. The Hall–Kier alpha value is -2.89. The predicted molar refractivity (Wildman–Crippen MR) is 120 cm³/mol. The van der Waals surface area contributed by atoms with Gasteiger partial charge in [-0.05, 0) is 36.5 Å². The van der Waals surface area contributed by atoms with Crippen LogP contribution in [0.1, 0.15) is 64.1 Å². The number of hydrogen-bond donors (Lipinski definition) is 1. The number of carbonyl (C=O) groups excluding carboxylic acids is 1. The van der Waals surface area contributed by atoms with Crippen LogP contribution in [0.5, 0.6) is 0 Å². The zero-order valence-electron chi connectivity index (χ0n) is 19.1. The minimum Gasteiger partial charge on any atom is -0.454 e. The van der Waals surface area contributed by atoms with E-state index >= 15 is 0 Å². The van der Waals surface area contributed by atoms with Crippen molar-refractivity contribution >= 4 is 23.5 Å². The van der Waals surface area contributed by atoms with Gasteiger partial charge in [-0.15, -0.1) is 0 Å². The van der Waals surface area contributed by atoms with E-state index < -0.39 is 0 Å². The van der Waals surface area contributed by atoms with E-state index in [4.69, 9.17) is 14.9 Å². The standard InChI is InChI=1S/C24H33N3O3/c1-8-27-21(13-17(4)26-27)22(29-15-30-23(28)16(2)3)20(14-25)18-9-11-19(12-10-18)24(5,6)7/h9-14,16,25H,8,15H2,1-7H3/b22-20-,25-14?. The Kier molecular flexibility index (Phi) is 7.59. The summed E-state index contributed by atoms with van der Waals surface area (Å²) in [6.07, 6.45) is 1.27. The first-order valence-electron chi connectivity index (χ1n) is 10.3. The first-order valence-corrected chi connectivity index (χ1v) is 10.3. The van der Waals surface area contributed by atoms with Crippen LogP contribution in [-0.4, -0.2) is 28.8 Å². The second kappa shape index (κ2) is 9.74. The van der Waals surface area contributed by atoms with Crippen LogP contribution in [0, 0.1) is 18.3 Å². The van der Waals surface area contributed by atoms with Crippen LogP contribution in [0.2, 0.25) is 0 Å². The first-order chi connectivity index (χ1) is 14.1. The van der Waals surface area contributed by atoms with Gasteiger partial charge in [0.1, 0.15) is 5.69 Å². The fraction of sp³-hybridized carbons (Fsp3) is 0.458. The summed E-state index contributed by atoms with van der Waals surface area (Å²) in [6, 6.07) is 10.0. The highest BCUT2D eigenvalue weighted by molar-refractivity contribution is 6.16. The van der Waals surface area contributed by atoms with E-state index in [-0.39, 0.29) is 24.1 Å². The lowest BCUT2D eigenvalue weighted by Gasteiger charge is -2.20. The van der Waals surface area contributed by atoms with Crippen molar-refractivity contribution in [2.45, 2.75) is 60.4 Å². The molecule has 2 rings (SSSR count). The molecule has 0 atom stereocenters. The van der Waals surface area contributed by atoms with Gasteiger partial charge in [0.25, 0.3) is 0 Å². The summed E-state index contributed by atoms with van der Waals surface area (Å²) in [5, 5.41) is 12.6. The number of nitrogens with one attached hydrogen (secondary N) is 1. The van der Waals surface area contributed by atoms with Crippen LogP contribution in [0.4, 0.5) is 0 Å². The van der Waals surface area contributed by atoms with Crippen molar-refractivity contribution in [1.29, 1.82) is 5.41 Å². The van der Waals surface area contributed by atoms with Crippen molar-refractivity contribution < 1.29 is 14.3 Å². The molecule has 0 spiro atoms. The molecule has 0 aliphatic heterocycles. The molecule has 0 unspecified atom stereocenters. The molecule has 0 saturated carbocycles. The number of nitrogens with zero attached hydrogens (tertiary/aromatic N) is 2. The molecule has 6 nitrogen and oxygen atoms in total. The van der Waals surface area contributed by atoms with Gasteiger partial charge in [0.15, 0.2) is 5.76 Å². The van der Waals surface area contributed by atoms with E-state index in [1.165, 1.54) is 11.8 Å². The molecule has 0 amide bonds. The predicted octanol–water partition coefficient (Wildman–Crippen LogP) is 5.20. The lowest BCUT2D eigenvalue weighted by molar-refractivity contribution is -0.155. The van der Waals surface area contributed by atoms with Crippen molar-refractivity contribution in [3.63, 3.8) is 0 Å². The smallest absolute Gasteiger partial charge is 0.311 e. The maximum absolute atomic E-state index is 11.8. The molecule has 30 heavy (non-hydrogen) atoms. The Balaban J connectivity index is 2.51. The molecule has 0 fully saturated rings. The van der Waals surface area contributed by atoms with Gasteiger partial charge in [-0.25, -0.2) is 0 Å². The number of esters is 1. The van der Waals surface area contributed by atoms with Gasteiger partial charge < -0.3 is 14.9 Å². The Morgan fingerprint density at radius 1 is 1.20 bits per heavy atom. The lowest BCUT2D eigenvalue weighted by atomic mass is 9.86. The molecular weight excluding hydrogens is 378 g/mol. The summed E-state index contributed by atoms with van der Waals surface area (Å²) in [4.78, 5) is 11.8. The number of hydrogen-bond acceptors (Lipinski definition) is 5. The fourth-order valence-electron chi connectivity index (χ4n) is 3.00. The number of rotatable bonds is 8. The van der Waals surface area contributed by atoms with E-state index in [2.05, 4.69) is 38.0 Å². The SMILES string of the molecule is CCn1nc(C)cc1/C(OCOC(=O)C(C)C)=C(\C=N)c1ccc(C(C)(C)C)cc1. The van der Waals surface area contributed by atoms with Gasteiger partial charge in [0, 0.05) is 18.3 Å². The summed E-state index contributed by atoms with van der Waals surface area (Å²) in [5.41, 5.74) is 4.29. The summed E-state index contributed by atoms with van der Waals surface area (Å²) < 4.78 is 13.0. The van der Waals surface area contributed by atoms with E-state index in [1.54, 1.807) is 13.8 Å². The molecule has 0 bridgehead atoms. The Morgan fingerprint density at radius 3 is 2.33 bits per heavy atom. The van der Waals surface area contributed by atoms with Crippen molar-refractivity contribution in [1.82, 2.24) is 9.78 Å². The summed E-state index contributed by atoms with van der Waals surface area (Å²) >= 11 is 0. The third kappa shape index (κ3) is 5.59. The van der Waals surface area contributed by atoms with Crippen LogP contribution in [0.3, 0.4) is 0 Å². The molecule has 0 aliphatic carbocycles. The third-order valence-corrected chi connectivity index (χ3v) is 4.76. The quantitative estimate of drug-likeness (QED) is 0.280. The summed E-state index contributed by atoms with van der Waals surface area (Å²) in [7, 11) is 0. The minimum atomic E-state index is -0.333. The molecular formula is C24H33N3O3. The van der Waals surface area contributed by atoms with Crippen molar-refractivity contribution in [3.8, 4) is 0 Å². The van der Waals surface area contributed by atoms with Crippen molar-refractivity contribution in [2.75, 3.05) is 6.79 Å². The first kappa shape index (κ1) is 23.4. The molecule has 0 radical (unpaired) electrons. The number of ether oxygens (including phenoxy) is 2. The zero-order valence-corrected chi connectivity index (χ0v) is 19.1.